The molecule has 4 rings (SSSR count). The number of non-ortho nitro benzene ring substituents is 1. The van der Waals surface area contributed by atoms with E-state index in [1.165, 1.54) is 36.6 Å². The number of nitrogens with one attached hydrogen (secondary N) is 2. The molecule has 0 spiro atoms. The second-order valence-corrected chi connectivity index (χ2v) is 8.62. The quantitative estimate of drug-likeness (QED) is 0.125. The molecule has 0 saturated heterocycles. The van der Waals surface area contributed by atoms with Crippen LogP contribution in [0.4, 0.5) is 5.69 Å². The standard InChI is InChI=1S/C27H19BrN4O5/c28-23-15-19-8-4-5-9-21(19)22(25(23)33)16-29-31-27(35)24(30-26(34)18-6-2-1-3-7-18)14-17-10-12-20(13-11-17)32(36)37/h1-16,33H,(H,30,34)(H,31,35). The Hall–Kier alpha value is -4.83. The normalized spacial score (nSPS) is 11.4. The van der Waals surface area contributed by atoms with E-state index in [0.717, 1.165) is 10.8 Å². The summed E-state index contributed by atoms with van der Waals surface area (Å²) in [7, 11) is 0. The maximum Gasteiger partial charge on any atom is 0.287 e. The van der Waals surface area contributed by atoms with Crippen molar-refractivity contribution in [2.75, 3.05) is 0 Å². The van der Waals surface area contributed by atoms with Crippen LogP contribution in [-0.2, 0) is 4.79 Å². The number of nitrogens with zero attached hydrogens (tertiary/aromatic N) is 2. The number of carbonyl (C=O) groups is 2. The number of fused-ring (bicyclic) bond motifs is 1. The number of amides is 2. The largest absolute Gasteiger partial charge is 0.506 e. The fraction of sp³-hybridized carbons (Fsp3) is 0. The predicted molar refractivity (Wildman–Crippen MR) is 144 cm³/mol. The molecule has 10 heteroatoms. The van der Waals surface area contributed by atoms with Crippen LogP contribution in [0.1, 0.15) is 21.5 Å². The van der Waals surface area contributed by atoms with Crippen LogP contribution >= 0.6 is 15.9 Å². The second-order valence-electron chi connectivity index (χ2n) is 7.77. The molecule has 0 aliphatic rings. The monoisotopic (exact) mass is 558 g/mol. The van der Waals surface area contributed by atoms with Gasteiger partial charge in [-0.1, -0.05) is 42.5 Å². The number of hydrazone groups is 1. The molecule has 0 aromatic heterocycles. The molecule has 0 unspecified atom stereocenters. The first-order chi connectivity index (χ1) is 17.8. The van der Waals surface area contributed by atoms with Crippen LogP contribution in [0, 0.1) is 10.1 Å². The summed E-state index contributed by atoms with van der Waals surface area (Å²) in [5.74, 6) is -1.31. The Morgan fingerprint density at radius 2 is 1.65 bits per heavy atom. The van der Waals surface area contributed by atoms with Gasteiger partial charge in [-0.3, -0.25) is 19.7 Å². The number of aromatic hydroxyl groups is 1. The molecule has 0 radical (unpaired) electrons. The number of benzene rings is 4. The molecule has 4 aromatic rings. The molecule has 0 aliphatic heterocycles. The van der Waals surface area contributed by atoms with Crippen LogP contribution in [-0.4, -0.2) is 28.1 Å². The SMILES string of the molecule is O=C(NN=Cc1c(O)c(Br)cc2ccccc12)C(=Cc1ccc([N+](=O)[O-])cc1)NC(=O)c1ccccc1. The van der Waals surface area contributed by atoms with Crippen molar-refractivity contribution in [3.8, 4) is 5.75 Å². The molecule has 37 heavy (non-hydrogen) atoms. The maximum atomic E-state index is 13.0. The number of rotatable bonds is 7. The van der Waals surface area contributed by atoms with E-state index in [9.17, 15) is 24.8 Å². The highest BCUT2D eigenvalue weighted by Gasteiger charge is 2.15. The van der Waals surface area contributed by atoms with E-state index in [1.54, 1.807) is 36.4 Å². The number of carbonyl (C=O) groups excluding carboxylic acids is 2. The Labute approximate surface area is 219 Å². The van der Waals surface area contributed by atoms with E-state index in [0.29, 0.717) is 21.2 Å². The molecule has 4 aromatic carbocycles. The van der Waals surface area contributed by atoms with Crippen LogP contribution < -0.4 is 10.7 Å². The molecule has 3 N–H and O–H groups in total. The average molecular weight is 559 g/mol. The molecule has 9 nitrogen and oxygen atoms in total. The van der Waals surface area contributed by atoms with Gasteiger partial charge in [0.2, 0.25) is 0 Å². The highest BCUT2D eigenvalue weighted by atomic mass is 79.9. The first-order valence-corrected chi connectivity index (χ1v) is 11.7. The lowest BCUT2D eigenvalue weighted by atomic mass is 10.0. The zero-order valence-corrected chi connectivity index (χ0v) is 20.7. The van der Waals surface area contributed by atoms with Gasteiger partial charge in [-0.25, -0.2) is 5.43 Å². The molecule has 0 atom stereocenters. The fourth-order valence-electron chi connectivity index (χ4n) is 3.48. The van der Waals surface area contributed by atoms with Gasteiger partial charge < -0.3 is 10.4 Å². The summed E-state index contributed by atoms with van der Waals surface area (Å²) in [6, 6.07) is 22.9. The molecule has 0 bridgehead atoms. The van der Waals surface area contributed by atoms with Gasteiger partial charge in [0.05, 0.1) is 15.6 Å². The number of phenols is 1. The number of phenolic OH excluding ortho intramolecular Hbond substituents is 1. The van der Waals surface area contributed by atoms with Crippen molar-refractivity contribution in [2.45, 2.75) is 0 Å². The topological polar surface area (TPSA) is 134 Å². The van der Waals surface area contributed by atoms with Crippen molar-refractivity contribution < 1.29 is 19.6 Å². The second kappa shape index (κ2) is 11.3. The van der Waals surface area contributed by atoms with Gasteiger partial charge in [0.1, 0.15) is 11.4 Å². The highest BCUT2D eigenvalue weighted by Crippen LogP contribution is 2.33. The molecule has 0 aliphatic carbocycles. The minimum atomic E-state index is -0.738. The van der Waals surface area contributed by atoms with E-state index in [2.05, 4.69) is 31.8 Å². The molecule has 0 heterocycles. The van der Waals surface area contributed by atoms with Crippen LogP contribution in [0.15, 0.2) is 100 Å². The minimum Gasteiger partial charge on any atom is -0.506 e. The maximum absolute atomic E-state index is 13.0. The zero-order valence-electron chi connectivity index (χ0n) is 19.1. The van der Waals surface area contributed by atoms with E-state index in [4.69, 9.17) is 0 Å². The van der Waals surface area contributed by atoms with Gasteiger partial charge in [-0.15, -0.1) is 0 Å². The van der Waals surface area contributed by atoms with Crippen LogP contribution in [0.25, 0.3) is 16.8 Å². The Morgan fingerprint density at radius 3 is 2.35 bits per heavy atom. The molecule has 2 amide bonds. The molecular formula is C27H19BrN4O5. The van der Waals surface area contributed by atoms with Gasteiger partial charge in [0, 0.05) is 23.3 Å². The summed E-state index contributed by atoms with van der Waals surface area (Å²) in [4.78, 5) is 36.1. The molecule has 0 saturated carbocycles. The highest BCUT2D eigenvalue weighted by molar-refractivity contribution is 9.10. The van der Waals surface area contributed by atoms with Gasteiger partial charge in [-0.05, 0) is 68.7 Å². The summed E-state index contributed by atoms with van der Waals surface area (Å²) >= 11 is 3.31. The van der Waals surface area contributed by atoms with E-state index >= 15 is 0 Å². The summed E-state index contributed by atoms with van der Waals surface area (Å²) < 4.78 is 0.466. The molecule has 184 valence electrons. The lowest BCUT2D eigenvalue weighted by molar-refractivity contribution is -0.384. The number of halogens is 1. The van der Waals surface area contributed by atoms with Crippen LogP contribution in [0.3, 0.4) is 0 Å². The van der Waals surface area contributed by atoms with Crippen molar-refractivity contribution in [1.82, 2.24) is 10.7 Å². The Balaban J connectivity index is 1.62. The third-order valence-corrected chi connectivity index (χ3v) is 5.92. The lowest BCUT2D eigenvalue weighted by Crippen LogP contribution is -2.32. The number of hydrogen-bond donors (Lipinski definition) is 3. The van der Waals surface area contributed by atoms with Crippen LogP contribution in [0.2, 0.25) is 0 Å². The zero-order chi connectivity index (χ0) is 26.4. The smallest absolute Gasteiger partial charge is 0.287 e. The van der Waals surface area contributed by atoms with Crippen molar-refractivity contribution >= 4 is 56.5 Å². The van der Waals surface area contributed by atoms with E-state index in [1.807, 2.05) is 24.3 Å². The fourth-order valence-corrected chi connectivity index (χ4v) is 3.94. The van der Waals surface area contributed by atoms with Crippen molar-refractivity contribution in [3.63, 3.8) is 0 Å². The Morgan fingerprint density at radius 1 is 0.973 bits per heavy atom. The van der Waals surface area contributed by atoms with E-state index < -0.39 is 16.7 Å². The Bertz CT molecular complexity index is 1550. The van der Waals surface area contributed by atoms with Crippen molar-refractivity contribution in [1.29, 1.82) is 0 Å². The first kappa shape index (κ1) is 25.3. The number of hydrogen-bond acceptors (Lipinski definition) is 6. The number of nitro benzene ring substituents is 1. The van der Waals surface area contributed by atoms with Crippen LogP contribution in [0.5, 0.6) is 5.75 Å². The number of nitro groups is 1. The molecule has 0 fully saturated rings. The summed E-state index contributed by atoms with van der Waals surface area (Å²) in [5, 5.41) is 29.6. The summed E-state index contributed by atoms with van der Waals surface area (Å²) in [6.07, 6.45) is 2.68. The lowest BCUT2D eigenvalue weighted by Gasteiger charge is -2.10. The van der Waals surface area contributed by atoms with Gasteiger partial charge in [0.15, 0.2) is 0 Å². The van der Waals surface area contributed by atoms with E-state index in [-0.39, 0.29) is 17.1 Å². The minimum absolute atomic E-state index is 0.0456. The van der Waals surface area contributed by atoms with Crippen molar-refractivity contribution in [2.24, 2.45) is 5.10 Å². The Kier molecular flexibility index (Phi) is 7.70. The predicted octanol–water partition coefficient (Wildman–Crippen LogP) is 5.14. The average Bonchev–Trinajstić information content (AvgIpc) is 2.91. The van der Waals surface area contributed by atoms with Gasteiger partial charge in [-0.2, -0.15) is 5.10 Å². The van der Waals surface area contributed by atoms with Gasteiger partial charge in [0.25, 0.3) is 17.5 Å². The summed E-state index contributed by atoms with van der Waals surface area (Å²) in [6.45, 7) is 0. The third-order valence-electron chi connectivity index (χ3n) is 5.32. The summed E-state index contributed by atoms with van der Waals surface area (Å²) in [5.41, 5.74) is 3.29. The molecular weight excluding hydrogens is 540 g/mol. The first-order valence-electron chi connectivity index (χ1n) is 10.9. The third kappa shape index (κ3) is 6.06. The van der Waals surface area contributed by atoms with Gasteiger partial charge >= 0.3 is 0 Å². The van der Waals surface area contributed by atoms with Crippen molar-refractivity contribution in [3.05, 3.63) is 122 Å².